The molecule has 1 unspecified atom stereocenters. The lowest BCUT2D eigenvalue weighted by atomic mass is 9.95. The minimum atomic E-state index is -0.410. The van der Waals surface area contributed by atoms with Crippen molar-refractivity contribution in [3.05, 3.63) is 0 Å². The van der Waals surface area contributed by atoms with Gasteiger partial charge in [-0.05, 0) is 53.0 Å². The summed E-state index contributed by atoms with van der Waals surface area (Å²) in [4.78, 5) is 11.6. The molecule has 0 aromatic carbocycles. The lowest BCUT2D eigenvalue weighted by Crippen LogP contribution is -2.42. The van der Waals surface area contributed by atoms with Gasteiger partial charge in [0.05, 0.1) is 0 Å². The number of hydrogen-bond donors (Lipinski definition) is 2. The monoisotopic (exact) mass is 240 g/mol. The van der Waals surface area contributed by atoms with Gasteiger partial charge in [-0.3, -0.25) is 0 Å². The molecule has 4 heteroatoms. The normalized spacial score (nSPS) is 26.6. The van der Waals surface area contributed by atoms with Crippen molar-refractivity contribution in [3.8, 4) is 0 Å². The zero-order chi connectivity index (χ0) is 12.5. The molecule has 1 atom stereocenters. The number of rotatable bonds is 3. The molecule has 2 aliphatic rings. The fraction of sp³-hybridized carbons (Fsp3) is 0.923. The van der Waals surface area contributed by atoms with Gasteiger partial charge in [-0.1, -0.05) is 0 Å². The summed E-state index contributed by atoms with van der Waals surface area (Å²) in [6, 6.07) is 0.595. The number of amides is 1. The van der Waals surface area contributed by atoms with Crippen LogP contribution >= 0.6 is 0 Å². The molecule has 0 aromatic heterocycles. The Bertz CT molecular complexity index is 286. The SMILES string of the molecule is CC(C)(C)OC(=O)NCC1(C2CCCN2)CC1. The average molecular weight is 240 g/mol. The van der Waals surface area contributed by atoms with Crippen LogP contribution in [0.5, 0.6) is 0 Å². The van der Waals surface area contributed by atoms with Gasteiger partial charge >= 0.3 is 6.09 Å². The first-order chi connectivity index (χ1) is 7.91. The second kappa shape index (κ2) is 4.48. The smallest absolute Gasteiger partial charge is 0.407 e. The zero-order valence-electron chi connectivity index (χ0n) is 11.1. The molecule has 2 fully saturated rings. The molecule has 4 nitrogen and oxygen atoms in total. The van der Waals surface area contributed by atoms with Gasteiger partial charge in [-0.25, -0.2) is 4.79 Å². The molecule has 1 aliphatic heterocycles. The molecular weight excluding hydrogens is 216 g/mol. The Balaban J connectivity index is 1.76. The van der Waals surface area contributed by atoms with E-state index in [9.17, 15) is 4.79 Å². The third-order valence-electron chi connectivity index (χ3n) is 3.68. The average Bonchev–Trinajstić information content (AvgIpc) is 2.78. The maximum Gasteiger partial charge on any atom is 0.407 e. The Hall–Kier alpha value is -0.770. The molecule has 2 rings (SSSR count). The molecule has 17 heavy (non-hydrogen) atoms. The predicted octanol–water partition coefficient (Wildman–Crippen LogP) is 2.04. The van der Waals surface area contributed by atoms with Crippen LogP contribution in [-0.4, -0.2) is 30.8 Å². The highest BCUT2D eigenvalue weighted by atomic mass is 16.6. The molecular formula is C13H24N2O2. The van der Waals surface area contributed by atoms with Crippen molar-refractivity contribution in [2.45, 2.75) is 58.1 Å². The lowest BCUT2D eigenvalue weighted by Gasteiger charge is -2.25. The number of alkyl carbamates (subject to hydrolysis) is 1. The van der Waals surface area contributed by atoms with E-state index in [-0.39, 0.29) is 6.09 Å². The molecule has 1 heterocycles. The third kappa shape index (κ3) is 3.35. The van der Waals surface area contributed by atoms with E-state index in [0.29, 0.717) is 11.5 Å². The Morgan fingerprint density at radius 2 is 2.18 bits per heavy atom. The molecule has 0 bridgehead atoms. The van der Waals surface area contributed by atoms with Crippen LogP contribution in [0.1, 0.15) is 46.5 Å². The van der Waals surface area contributed by atoms with Crippen LogP contribution in [0.15, 0.2) is 0 Å². The summed E-state index contributed by atoms with van der Waals surface area (Å²) in [7, 11) is 0. The summed E-state index contributed by atoms with van der Waals surface area (Å²) in [5.74, 6) is 0. The van der Waals surface area contributed by atoms with Crippen molar-refractivity contribution in [1.82, 2.24) is 10.6 Å². The number of carbonyl (C=O) groups is 1. The molecule has 1 aliphatic carbocycles. The Morgan fingerprint density at radius 3 is 2.65 bits per heavy atom. The highest BCUT2D eigenvalue weighted by Crippen LogP contribution is 2.50. The van der Waals surface area contributed by atoms with Crippen LogP contribution in [0.25, 0.3) is 0 Å². The van der Waals surface area contributed by atoms with Gasteiger partial charge in [0.1, 0.15) is 5.60 Å². The Morgan fingerprint density at radius 1 is 1.47 bits per heavy atom. The van der Waals surface area contributed by atoms with E-state index >= 15 is 0 Å². The number of ether oxygens (including phenoxy) is 1. The van der Waals surface area contributed by atoms with E-state index < -0.39 is 5.60 Å². The Kier molecular flexibility index (Phi) is 3.34. The first-order valence-electron chi connectivity index (χ1n) is 6.62. The molecule has 1 amide bonds. The maximum atomic E-state index is 11.6. The van der Waals surface area contributed by atoms with Gasteiger partial charge in [0, 0.05) is 18.0 Å². The summed E-state index contributed by atoms with van der Waals surface area (Å²) in [5, 5.41) is 6.46. The molecule has 0 spiro atoms. The van der Waals surface area contributed by atoms with Crippen molar-refractivity contribution < 1.29 is 9.53 Å². The van der Waals surface area contributed by atoms with Gasteiger partial charge in [-0.15, -0.1) is 0 Å². The topological polar surface area (TPSA) is 50.4 Å². The Labute approximate surface area is 103 Å². The van der Waals surface area contributed by atoms with Crippen LogP contribution in [0.3, 0.4) is 0 Å². The molecule has 2 N–H and O–H groups in total. The summed E-state index contributed by atoms with van der Waals surface area (Å²) in [5.41, 5.74) is -0.0974. The minimum Gasteiger partial charge on any atom is -0.444 e. The fourth-order valence-electron chi connectivity index (χ4n) is 2.58. The second-order valence-electron chi connectivity index (χ2n) is 6.37. The second-order valence-corrected chi connectivity index (χ2v) is 6.37. The zero-order valence-corrected chi connectivity index (χ0v) is 11.1. The van der Waals surface area contributed by atoms with Gasteiger partial charge < -0.3 is 15.4 Å². The number of carbonyl (C=O) groups excluding carboxylic acids is 1. The standard InChI is InChI=1S/C13H24N2O2/c1-12(2,3)17-11(16)15-9-13(6-7-13)10-5-4-8-14-10/h10,14H,4-9H2,1-3H3,(H,15,16). The first kappa shape index (κ1) is 12.7. The fourth-order valence-corrected chi connectivity index (χ4v) is 2.58. The molecule has 1 saturated carbocycles. The molecule has 1 saturated heterocycles. The summed E-state index contributed by atoms with van der Waals surface area (Å²) >= 11 is 0. The van der Waals surface area contributed by atoms with Gasteiger partial charge in [-0.2, -0.15) is 0 Å². The largest absolute Gasteiger partial charge is 0.444 e. The van der Waals surface area contributed by atoms with Gasteiger partial charge in [0.25, 0.3) is 0 Å². The van der Waals surface area contributed by atoms with Crippen LogP contribution in [0.2, 0.25) is 0 Å². The minimum absolute atomic E-state index is 0.290. The van der Waals surface area contributed by atoms with Gasteiger partial charge in [0.2, 0.25) is 0 Å². The predicted molar refractivity (Wildman–Crippen MR) is 66.9 cm³/mol. The van der Waals surface area contributed by atoms with Crippen LogP contribution in [0, 0.1) is 5.41 Å². The van der Waals surface area contributed by atoms with Crippen molar-refractivity contribution in [2.24, 2.45) is 5.41 Å². The summed E-state index contributed by atoms with van der Waals surface area (Å²) in [6.45, 7) is 7.53. The van der Waals surface area contributed by atoms with Crippen molar-refractivity contribution in [3.63, 3.8) is 0 Å². The van der Waals surface area contributed by atoms with E-state index in [0.717, 1.165) is 13.1 Å². The highest BCUT2D eigenvalue weighted by Gasteiger charge is 2.50. The van der Waals surface area contributed by atoms with Crippen LogP contribution < -0.4 is 10.6 Å². The molecule has 98 valence electrons. The lowest BCUT2D eigenvalue weighted by molar-refractivity contribution is 0.0512. The molecule has 0 radical (unpaired) electrons. The number of hydrogen-bond acceptors (Lipinski definition) is 3. The van der Waals surface area contributed by atoms with Crippen molar-refractivity contribution in [1.29, 1.82) is 0 Å². The van der Waals surface area contributed by atoms with E-state index in [1.807, 2.05) is 20.8 Å². The number of nitrogens with one attached hydrogen (secondary N) is 2. The molecule has 0 aromatic rings. The third-order valence-corrected chi connectivity index (χ3v) is 3.68. The van der Waals surface area contributed by atoms with Crippen LogP contribution in [0.4, 0.5) is 4.79 Å². The van der Waals surface area contributed by atoms with E-state index in [1.54, 1.807) is 0 Å². The summed E-state index contributed by atoms with van der Waals surface area (Å²) < 4.78 is 5.25. The first-order valence-corrected chi connectivity index (χ1v) is 6.62. The quantitative estimate of drug-likeness (QED) is 0.793. The maximum absolute atomic E-state index is 11.6. The van der Waals surface area contributed by atoms with Crippen molar-refractivity contribution in [2.75, 3.05) is 13.1 Å². The van der Waals surface area contributed by atoms with Crippen LogP contribution in [-0.2, 0) is 4.74 Å². The van der Waals surface area contributed by atoms with Gasteiger partial charge in [0.15, 0.2) is 0 Å². The highest BCUT2D eigenvalue weighted by molar-refractivity contribution is 5.67. The van der Waals surface area contributed by atoms with Crippen molar-refractivity contribution >= 4 is 6.09 Å². The van der Waals surface area contributed by atoms with E-state index in [4.69, 9.17) is 4.74 Å². The van der Waals surface area contributed by atoms with E-state index in [2.05, 4.69) is 10.6 Å². The van der Waals surface area contributed by atoms with E-state index in [1.165, 1.54) is 25.7 Å². The summed E-state index contributed by atoms with van der Waals surface area (Å²) in [6.07, 6.45) is 4.66.